The number of benzene rings is 1. The summed E-state index contributed by atoms with van der Waals surface area (Å²) in [6.07, 6.45) is 1.36. The van der Waals surface area contributed by atoms with Crippen LogP contribution in [0.25, 0.3) is 0 Å². The van der Waals surface area contributed by atoms with Gasteiger partial charge in [-0.15, -0.1) is 0 Å². The highest BCUT2D eigenvalue weighted by Crippen LogP contribution is 2.31. The number of hydrogen-bond acceptors (Lipinski definition) is 3. The summed E-state index contributed by atoms with van der Waals surface area (Å²) in [6, 6.07) is 2.65. The van der Waals surface area contributed by atoms with Gasteiger partial charge >= 0.3 is 0 Å². The Morgan fingerprint density at radius 2 is 1.83 bits per heavy atom. The molecule has 0 aliphatic rings. The third-order valence-electron chi connectivity index (χ3n) is 2.50. The van der Waals surface area contributed by atoms with E-state index in [-0.39, 0.29) is 5.56 Å². The van der Waals surface area contributed by atoms with Crippen LogP contribution in [0.15, 0.2) is 33.5 Å². The zero-order chi connectivity index (χ0) is 13.3. The Bertz CT molecular complexity index is 573. The van der Waals surface area contributed by atoms with E-state index < -0.39 is 23.5 Å². The lowest BCUT2D eigenvalue weighted by atomic mass is 10.0. The molecule has 1 heterocycles. The van der Waals surface area contributed by atoms with E-state index in [9.17, 15) is 13.2 Å². The van der Waals surface area contributed by atoms with Gasteiger partial charge in [0.15, 0.2) is 22.1 Å². The molecule has 0 aliphatic carbocycles. The van der Waals surface area contributed by atoms with Crippen molar-refractivity contribution in [1.82, 2.24) is 5.43 Å². The largest absolute Gasteiger partial charge is 0.457 e. The molecular weight excluding hydrogens is 313 g/mol. The average molecular weight is 321 g/mol. The van der Waals surface area contributed by atoms with Crippen LogP contribution in [0.3, 0.4) is 0 Å². The molecule has 0 bridgehead atoms. The van der Waals surface area contributed by atoms with Gasteiger partial charge in [-0.25, -0.2) is 18.6 Å². The molecule has 0 saturated heterocycles. The minimum absolute atomic E-state index is 0.112. The standard InChI is InChI=1S/C11H8BrF3N2O/c12-11-6(3-4-18-11)10(17-16)5-1-2-7(13)9(15)8(5)14/h1-4,10,17H,16H2. The van der Waals surface area contributed by atoms with Crippen LogP contribution in [0.2, 0.25) is 0 Å². The lowest BCUT2D eigenvalue weighted by Gasteiger charge is -2.16. The number of nitrogens with one attached hydrogen (secondary N) is 1. The molecule has 0 spiro atoms. The second-order valence-electron chi connectivity index (χ2n) is 3.51. The van der Waals surface area contributed by atoms with Crippen LogP contribution in [0.1, 0.15) is 17.2 Å². The smallest absolute Gasteiger partial charge is 0.194 e. The van der Waals surface area contributed by atoms with E-state index in [4.69, 9.17) is 10.3 Å². The molecule has 1 aromatic carbocycles. The SMILES string of the molecule is NNC(c1ccoc1Br)c1ccc(F)c(F)c1F. The minimum Gasteiger partial charge on any atom is -0.457 e. The molecule has 2 rings (SSSR count). The minimum atomic E-state index is -1.53. The fourth-order valence-corrected chi connectivity index (χ4v) is 2.09. The van der Waals surface area contributed by atoms with Crippen molar-refractivity contribution >= 4 is 15.9 Å². The number of furan rings is 1. The van der Waals surface area contributed by atoms with Crippen molar-refractivity contribution in [3.05, 3.63) is 57.7 Å². The van der Waals surface area contributed by atoms with E-state index in [2.05, 4.69) is 21.4 Å². The van der Waals surface area contributed by atoms with Crippen LogP contribution in [-0.2, 0) is 0 Å². The van der Waals surface area contributed by atoms with Crippen LogP contribution in [0, 0.1) is 17.5 Å². The van der Waals surface area contributed by atoms with Crippen molar-refractivity contribution in [3.63, 3.8) is 0 Å². The number of hydrazine groups is 1. The van der Waals surface area contributed by atoms with Crippen LogP contribution in [0.4, 0.5) is 13.2 Å². The monoisotopic (exact) mass is 320 g/mol. The molecule has 3 N–H and O–H groups in total. The van der Waals surface area contributed by atoms with Crippen LogP contribution < -0.4 is 11.3 Å². The summed E-state index contributed by atoms with van der Waals surface area (Å²) in [6.45, 7) is 0. The fraction of sp³-hybridized carbons (Fsp3) is 0.0909. The van der Waals surface area contributed by atoms with Gasteiger partial charge in [-0.1, -0.05) is 6.07 Å². The summed E-state index contributed by atoms with van der Waals surface area (Å²) < 4.78 is 45.0. The van der Waals surface area contributed by atoms with Gasteiger partial charge < -0.3 is 4.42 Å². The maximum absolute atomic E-state index is 13.7. The summed E-state index contributed by atoms with van der Waals surface area (Å²) >= 11 is 3.11. The summed E-state index contributed by atoms with van der Waals surface area (Å²) in [7, 11) is 0. The van der Waals surface area contributed by atoms with E-state index in [1.165, 1.54) is 12.3 Å². The molecule has 3 nitrogen and oxygen atoms in total. The molecule has 1 aromatic heterocycles. The number of nitrogens with two attached hydrogens (primary N) is 1. The molecule has 0 fully saturated rings. The summed E-state index contributed by atoms with van der Waals surface area (Å²) in [5.74, 6) is 1.25. The van der Waals surface area contributed by atoms with E-state index in [0.29, 0.717) is 10.2 Å². The number of rotatable bonds is 3. The number of hydrogen-bond donors (Lipinski definition) is 2. The Balaban J connectivity index is 2.53. The molecule has 96 valence electrons. The van der Waals surface area contributed by atoms with E-state index in [1.807, 2.05) is 0 Å². The van der Waals surface area contributed by atoms with Crippen molar-refractivity contribution in [2.75, 3.05) is 0 Å². The van der Waals surface area contributed by atoms with Crippen LogP contribution in [-0.4, -0.2) is 0 Å². The lowest BCUT2D eigenvalue weighted by Crippen LogP contribution is -2.29. The van der Waals surface area contributed by atoms with Gasteiger partial charge in [-0.05, 0) is 28.1 Å². The highest BCUT2D eigenvalue weighted by atomic mass is 79.9. The van der Waals surface area contributed by atoms with Gasteiger partial charge in [0, 0.05) is 11.1 Å². The van der Waals surface area contributed by atoms with Crippen molar-refractivity contribution in [1.29, 1.82) is 0 Å². The van der Waals surface area contributed by atoms with Crippen molar-refractivity contribution in [3.8, 4) is 0 Å². The molecule has 18 heavy (non-hydrogen) atoms. The second kappa shape index (κ2) is 5.13. The lowest BCUT2D eigenvalue weighted by molar-refractivity contribution is 0.432. The normalized spacial score (nSPS) is 12.7. The van der Waals surface area contributed by atoms with Gasteiger partial charge in [-0.2, -0.15) is 0 Å². The molecule has 0 radical (unpaired) electrons. The Morgan fingerprint density at radius 3 is 2.39 bits per heavy atom. The predicted molar refractivity (Wildman–Crippen MR) is 61.9 cm³/mol. The van der Waals surface area contributed by atoms with Gasteiger partial charge in [-0.3, -0.25) is 5.84 Å². The van der Waals surface area contributed by atoms with Crippen LogP contribution >= 0.6 is 15.9 Å². The van der Waals surface area contributed by atoms with Gasteiger partial charge in [0.05, 0.1) is 12.3 Å². The van der Waals surface area contributed by atoms with Crippen molar-refractivity contribution in [2.24, 2.45) is 5.84 Å². The summed E-state index contributed by atoms with van der Waals surface area (Å²) in [5.41, 5.74) is 2.69. The first-order valence-corrected chi connectivity index (χ1v) is 5.68. The van der Waals surface area contributed by atoms with Crippen LogP contribution in [0.5, 0.6) is 0 Å². The Labute approximate surface area is 109 Å². The maximum Gasteiger partial charge on any atom is 0.194 e. The molecular formula is C11H8BrF3N2O. The van der Waals surface area contributed by atoms with Gasteiger partial charge in [0.1, 0.15) is 0 Å². The Morgan fingerprint density at radius 1 is 1.11 bits per heavy atom. The van der Waals surface area contributed by atoms with E-state index in [0.717, 1.165) is 12.1 Å². The molecule has 1 atom stereocenters. The summed E-state index contributed by atoms with van der Waals surface area (Å²) in [4.78, 5) is 0. The highest BCUT2D eigenvalue weighted by molar-refractivity contribution is 9.10. The third kappa shape index (κ3) is 2.16. The van der Waals surface area contributed by atoms with E-state index >= 15 is 0 Å². The molecule has 7 heteroatoms. The quantitative estimate of drug-likeness (QED) is 0.519. The van der Waals surface area contributed by atoms with Gasteiger partial charge in [0.25, 0.3) is 0 Å². The zero-order valence-electron chi connectivity index (χ0n) is 8.88. The van der Waals surface area contributed by atoms with E-state index in [1.54, 1.807) is 0 Å². The Kier molecular flexibility index (Phi) is 3.74. The number of halogens is 4. The van der Waals surface area contributed by atoms with Gasteiger partial charge in [0.2, 0.25) is 0 Å². The van der Waals surface area contributed by atoms with Crippen molar-refractivity contribution in [2.45, 2.75) is 6.04 Å². The maximum atomic E-state index is 13.7. The molecule has 1 unspecified atom stereocenters. The highest BCUT2D eigenvalue weighted by Gasteiger charge is 2.24. The fourth-order valence-electron chi connectivity index (χ4n) is 1.62. The molecule has 0 amide bonds. The first-order valence-electron chi connectivity index (χ1n) is 4.88. The van der Waals surface area contributed by atoms with Crippen molar-refractivity contribution < 1.29 is 17.6 Å². The summed E-state index contributed by atoms with van der Waals surface area (Å²) in [5, 5.41) is 0. The zero-order valence-corrected chi connectivity index (χ0v) is 10.5. The molecule has 0 aliphatic heterocycles. The average Bonchev–Trinajstić information content (AvgIpc) is 2.77. The Hall–Kier alpha value is -1.31. The predicted octanol–water partition coefficient (Wildman–Crippen LogP) is 3.01. The molecule has 2 aromatic rings. The molecule has 0 saturated carbocycles. The second-order valence-corrected chi connectivity index (χ2v) is 4.23. The topological polar surface area (TPSA) is 51.2 Å². The first-order chi connectivity index (χ1) is 8.56. The third-order valence-corrected chi connectivity index (χ3v) is 3.14. The first kappa shape index (κ1) is 13.1.